The van der Waals surface area contributed by atoms with E-state index in [9.17, 15) is 13.2 Å². The number of anilines is 2. The normalized spacial score (nSPS) is 16.3. The molecule has 0 bridgehead atoms. The predicted molar refractivity (Wildman–Crippen MR) is 80.2 cm³/mol. The summed E-state index contributed by atoms with van der Waals surface area (Å²) in [7, 11) is 0. The molecule has 4 N–H and O–H groups in total. The third-order valence-corrected chi connectivity index (χ3v) is 4.06. The van der Waals surface area contributed by atoms with Crippen LogP contribution in [0.15, 0.2) is 18.2 Å². The van der Waals surface area contributed by atoms with E-state index in [1.54, 1.807) is 0 Å². The van der Waals surface area contributed by atoms with E-state index in [0.29, 0.717) is 11.5 Å². The second kappa shape index (κ2) is 5.36. The minimum absolute atomic E-state index is 0.00199. The van der Waals surface area contributed by atoms with Gasteiger partial charge in [-0.1, -0.05) is 13.0 Å². The minimum Gasteiger partial charge on any atom is -0.383 e. The van der Waals surface area contributed by atoms with E-state index in [2.05, 4.69) is 15.0 Å². The molecule has 0 aliphatic heterocycles. The summed E-state index contributed by atoms with van der Waals surface area (Å²) in [5, 5.41) is 0. The summed E-state index contributed by atoms with van der Waals surface area (Å²) in [4.78, 5) is 11.8. The number of nitrogens with zero attached hydrogens (tertiary/aromatic N) is 3. The van der Waals surface area contributed by atoms with E-state index in [1.165, 1.54) is 12.1 Å². The van der Waals surface area contributed by atoms with Crippen molar-refractivity contribution in [1.82, 2.24) is 15.0 Å². The Morgan fingerprint density at radius 3 is 2.22 bits per heavy atom. The van der Waals surface area contributed by atoms with E-state index in [4.69, 9.17) is 11.5 Å². The summed E-state index contributed by atoms with van der Waals surface area (Å²) in [6.07, 6.45) is -2.32. The molecule has 5 nitrogen and oxygen atoms in total. The summed E-state index contributed by atoms with van der Waals surface area (Å²) in [6, 6.07) is 3.54. The van der Waals surface area contributed by atoms with E-state index >= 15 is 0 Å². The van der Waals surface area contributed by atoms with Crippen LogP contribution in [0, 0.1) is 5.92 Å². The number of aromatic nitrogens is 3. The highest BCUT2D eigenvalue weighted by molar-refractivity contribution is 5.62. The molecule has 0 saturated heterocycles. The Morgan fingerprint density at radius 2 is 1.70 bits per heavy atom. The molecule has 23 heavy (non-hydrogen) atoms. The molecule has 1 atom stereocenters. The molecule has 1 saturated carbocycles. The first kappa shape index (κ1) is 15.5. The quantitative estimate of drug-likeness (QED) is 0.905. The van der Waals surface area contributed by atoms with Gasteiger partial charge in [0.15, 0.2) is 5.82 Å². The third kappa shape index (κ3) is 3.06. The molecular formula is C15H16F3N5. The van der Waals surface area contributed by atoms with Crippen LogP contribution < -0.4 is 11.5 Å². The number of alkyl halides is 3. The number of nitrogens with two attached hydrogens (primary N) is 2. The first-order valence-corrected chi connectivity index (χ1v) is 7.25. The molecule has 8 heteroatoms. The zero-order valence-corrected chi connectivity index (χ0v) is 12.4. The first-order chi connectivity index (χ1) is 10.8. The van der Waals surface area contributed by atoms with E-state index in [0.717, 1.165) is 18.9 Å². The summed E-state index contributed by atoms with van der Waals surface area (Å²) in [5.41, 5.74) is 11.6. The maximum Gasteiger partial charge on any atom is 0.433 e. The van der Waals surface area contributed by atoms with Crippen molar-refractivity contribution < 1.29 is 13.2 Å². The molecule has 0 unspecified atom stereocenters. The Bertz CT molecular complexity index is 717. The lowest BCUT2D eigenvalue weighted by Gasteiger charge is -2.16. The van der Waals surface area contributed by atoms with Crippen LogP contribution in [0.5, 0.6) is 0 Å². The van der Waals surface area contributed by atoms with Crippen molar-refractivity contribution >= 4 is 11.6 Å². The molecular weight excluding hydrogens is 307 g/mol. The first-order valence-electron chi connectivity index (χ1n) is 7.25. The van der Waals surface area contributed by atoms with Gasteiger partial charge in [-0.25, -0.2) is 15.0 Å². The SMILES string of the molecule is C[C@H](c1c(N)nc(-c2cccc(C(F)(F)F)n2)nc1N)C1CC1. The van der Waals surface area contributed by atoms with Crippen molar-refractivity contribution in [1.29, 1.82) is 0 Å². The maximum absolute atomic E-state index is 12.8. The summed E-state index contributed by atoms with van der Waals surface area (Å²) in [6.45, 7) is 2.01. The van der Waals surface area contributed by atoms with Crippen molar-refractivity contribution in [2.24, 2.45) is 5.92 Å². The molecule has 2 aromatic heterocycles. The highest BCUT2D eigenvalue weighted by atomic mass is 19.4. The summed E-state index contributed by atoms with van der Waals surface area (Å²) in [5.74, 6) is 1.05. The lowest BCUT2D eigenvalue weighted by Crippen LogP contribution is -2.12. The van der Waals surface area contributed by atoms with Gasteiger partial charge in [0.25, 0.3) is 0 Å². The van der Waals surface area contributed by atoms with E-state index < -0.39 is 11.9 Å². The number of hydrogen-bond acceptors (Lipinski definition) is 5. The highest BCUT2D eigenvalue weighted by Crippen LogP contribution is 2.45. The van der Waals surface area contributed by atoms with Crippen LogP contribution in [0.2, 0.25) is 0 Å². The van der Waals surface area contributed by atoms with Crippen LogP contribution in [-0.4, -0.2) is 15.0 Å². The number of pyridine rings is 1. The van der Waals surface area contributed by atoms with Gasteiger partial charge in [-0.05, 0) is 36.8 Å². The average molecular weight is 323 g/mol. The molecule has 3 rings (SSSR count). The zero-order chi connectivity index (χ0) is 16.8. The second-order valence-electron chi connectivity index (χ2n) is 5.76. The minimum atomic E-state index is -4.53. The van der Waals surface area contributed by atoms with E-state index in [-0.39, 0.29) is 29.1 Å². The van der Waals surface area contributed by atoms with Gasteiger partial charge in [-0.15, -0.1) is 0 Å². The Hall–Kier alpha value is -2.38. The summed E-state index contributed by atoms with van der Waals surface area (Å²) < 4.78 is 38.3. The van der Waals surface area contributed by atoms with Crippen molar-refractivity contribution in [3.05, 3.63) is 29.5 Å². The smallest absolute Gasteiger partial charge is 0.383 e. The number of nitrogen functional groups attached to an aromatic ring is 2. The Kier molecular flexibility index (Phi) is 3.62. The standard InChI is InChI=1S/C15H16F3N5/c1-7(8-5-6-8)11-12(19)22-14(23-13(11)20)9-3-2-4-10(21-9)15(16,17)18/h2-4,7-8H,5-6H2,1H3,(H4,19,20,22,23)/t7-/m0/s1. The fraction of sp³-hybridized carbons (Fsp3) is 0.400. The molecule has 2 aromatic rings. The van der Waals surface area contributed by atoms with Gasteiger partial charge < -0.3 is 11.5 Å². The summed E-state index contributed by atoms with van der Waals surface area (Å²) >= 11 is 0. The van der Waals surface area contributed by atoms with Gasteiger partial charge in [0, 0.05) is 5.56 Å². The van der Waals surface area contributed by atoms with Crippen LogP contribution in [0.25, 0.3) is 11.5 Å². The molecule has 1 fully saturated rings. The third-order valence-electron chi connectivity index (χ3n) is 4.06. The Labute approximate surface area is 131 Å². The zero-order valence-electron chi connectivity index (χ0n) is 12.4. The largest absolute Gasteiger partial charge is 0.433 e. The molecule has 0 aromatic carbocycles. The van der Waals surface area contributed by atoms with Gasteiger partial charge in [-0.3, -0.25) is 0 Å². The maximum atomic E-state index is 12.8. The van der Waals surface area contributed by atoms with Crippen LogP contribution >= 0.6 is 0 Å². The fourth-order valence-electron chi connectivity index (χ4n) is 2.63. The van der Waals surface area contributed by atoms with E-state index in [1.807, 2.05) is 6.92 Å². The number of halogens is 3. The second-order valence-corrected chi connectivity index (χ2v) is 5.76. The lowest BCUT2D eigenvalue weighted by atomic mass is 9.97. The van der Waals surface area contributed by atoms with Crippen LogP contribution in [-0.2, 0) is 6.18 Å². The van der Waals surface area contributed by atoms with Crippen molar-refractivity contribution in [2.75, 3.05) is 11.5 Å². The van der Waals surface area contributed by atoms with Gasteiger partial charge in [0.1, 0.15) is 23.0 Å². The van der Waals surface area contributed by atoms with Crippen LogP contribution in [0.3, 0.4) is 0 Å². The van der Waals surface area contributed by atoms with Gasteiger partial charge in [0.2, 0.25) is 0 Å². The van der Waals surface area contributed by atoms with Gasteiger partial charge in [0.05, 0.1) is 0 Å². The van der Waals surface area contributed by atoms with Gasteiger partial charge in [-0.2, -0.15) is 13.2 Å². The highest BCUT2D eigenvalue weighted by Gasteiger charge is 2.34. The molecule has 0 spiro atoms. The fourth-order valence-corrected chi connectivity index (χ4v) is 2.63. The molecule has 1 aliphatic carbocycles. The molecule has 2 heterocycles. The van der Waals surface area contributed by atoms with Gasteiger partial charge >= 0.3 is 6.18 Å². The molecule has 1 aliphatic rings. The Balaban J connectivity index is 2.01. The molecule has 0 radical (unpaired) electrons. The van der Waals surface area contributed by atoms with Crippen molar-refractivity contribution in [2.45, 2.75) is 31.9 Å². The number of rotatable bonds is 3. The van der Waals surface area contributed by atoms with Crippen molar-refractivity contribution in [3.8, 4) is 11.5 Å². The van der Waals surface area contributed by atoms with Crippen LogP contribution in [0.4, 0.5) is 24.8 Å². The lowest BCUT2D eigenvalue weighted by molar-refractivity contribution is -0.141. The topological polar surface area (TPSA) is 90.7 Å². The predicted octanol–water partition coefficient (Wildman–Crippen LogP) is 3.24. The Morgan fingerprint density at radius 1 is 1.09 bits per heavy atom. The monoisotopic (exact) mass is 323 g/mol. The number of hydrogen-bond donors (Lipinski definition) is 2. The van der Waals surface area contributed by atoms with Crippen LogP contribution in [0.1, 0.15) is 36.9 Å². The molecule has 0 amide bonds. The average Bonchev–Trinajstić information content (AvgIpc) is 3.30. The van der Waals surface area contributed by atoms with Crippen molar-refractivity contribution in [3.63, 3.8) is 0 Å². The molecule has 122 valence electrons.